The van der Waals surface area contributed by atoms with Gasteiger partial charge in [0, 0.05) is 0 Å². The fourth-order valence-corrected chi connectivity index (χ4v) is 1.98. The van der Waals surface area contributed by atoms with Gasteiger partial charge in [0.15, 0.2) is 6.61 Å². The Hall–Kier alpha value is -1.69. The Morgan fingerprint density at radius 3 is 2.55 bits per heavy atom. The number of benzene rings is 1. The highest BCUT2D eigenvalue weighted by molar-refractivity contribution is 7.98. The summed E-state index contributed by atoms with van der Waals surface area (Å²) in [4.78, 5) is 22.6. The summed E-state index contributed by atoms with van der Waals surface area (Å²) in [6.07, 6.45) is 2.29. The van der Waals surface area contributed by atoms with Crippen LogP contribution in [0.4, 0.5) is 0 Å². The molecule has 0 saturated heterocycles. The summed E-state index contributed by atoms with van der Waals surface area (Å²) in [6.45, 7) is 1.77. The van der Waals surface area contributed by atoms with Gasteiger partial charge in [0.1, 0.15) is 11.8 Å². The van der Waals surface area contributed by atoms with Gasteiger partial charge in [-0.1, -0.05) is 17.7 Å². The van der Waals surface area contributed by atoms with Crippen LogP contribution in [-0.2, 0) is 9.59 Å². The molecule has 110 valence electrons. The maximum Gasteiger partial charge on any atom is 0.326 e. The van der Waals surface area contributed by atoms with Crippen molar-refractivity contribution in [1.29, 1.82) is 0 Å². The molecule has 0 aliphatic heterocycles. The second-order valence-electron chi connectivity index (χ2n) is 4.34. The Morgan fingerprint density at radius 1 is 1.35 bits per heavy atom. The molecular weight excluding hydrogens is 278 g/mol. The van der Waals surface area contributed by atoms with E-state index >= 15 is 0 Å². The first-order valence-electron chi connectivity index (χ1n) is 6.23. The van der Waals surface area contributed by atoms with E-state index in [0.717, 1.165) is 5.56 Å². The minimum absolute atomic E-state index is 0.188. The van der Waals surface area contributed by atoms with Crippen molar-refractivity contribution in [3.63, 3.8) is 0 Å². The van der Waals surface area contributed by atoms with Crippen molar-refractivity contribution in [2.24, 2.45) is 0 Å². The number of carbonyl (C=O) groups is 2. The van der Waals surface area contributed by atoms with Crippen LogP contribution in [0.25, 0.3) is 0 Å². The van der Waals surface area contributed by atoms with Crippen LogP contribution in [0.5, 0.6) is 5.75 Å². The highest BCUT2D eigenvalue weighted by Crippen LogP contribution is 2.11. The molecule has 0 aliphatic carbocycles. The lowest BCUT2D eigenvalue weighted by molar-refractivity contribution is -0.142. The molecule has 0 saturated carbocycles. The summed E-state index contributed by atoms with van der Waals surface area (Å²) in [5.41, 5.74) is 1.10. The van der Waals surface area contributed by atoms with Crippen molar-refractivity contribution < 1.29 is 19.4 Å². The second-order valence-corrected chi connectivity index (χ2v) is 5.33. The van der Waals surface area contributed by atoms with Gasteiger partial charge >= 0.3 is 5.97 Å². The van der Waals surface area contributed by atoms with Crippen LogP contribution in [0.3, 0.4) is 0 Å². The number of hydrogen-bond acceptors (Lipinski definition) is 4. The zero-order valence-electron chi connectivity index (χ0n) is 11.6. The number of amides is 1. The lowest BCUT2D eigenvalue weighted by atomic mass is 10.2. The van der Waals surface area contributed by atoms with Crippen molar-refractivity contribution in [3.8, 4) is 5.75 Å². The molecule has 0 aliphatic rings. The molecular formula is C14H19NO4S. The number of aliphatic carboxylic acids is 1. The van der Waals surface area contributed by atoms with E-state index in [0.29, 0.717) is 17.9 Å². The van der Waals surface area contributed by atoms with E-state index in [1.54, 1.807) is 23.9 Å². The van der Waals surface area contributed by atoms with Crippen molar-refractivity contribution in [3.05, 3.63) is 29.8 Å². The van der Waals surface area contributed by atoms with Gasteiger partial charge in [0.05, 0.1) is 0 Å². The summed E-state index contributed by atoms with van der Waals surface area (Å²) >= 11 is 1.54. The molecule has 0 spiro atoms. The average Bonchev–Trinajstić information content (AvgIpc) is 2.42. The van der Waals surface area contributed by atoms with Crippen LogP contribution in [0.1, 0.15) is 12.0 Å². The molecule has 0 bridgehead atoms. The predicted octanol–water partition coefficient (Wildman–Crippen LogP) is 1.70. The zero-order valence-corrected chi connectivity index (χ0v) is 12.4. The molecule has 0 heterocycles. The minimum Gasteiger partial charge on any atom is -0.484 e. The van der Waals surface area contributed by atoms with E-state index in [-0.39, 0.29) is 6.61 Å². The van der Waals surface area contributed by atoms with Gasteiger partial charge in [-0.15, -0.1) is 0 Å². The number of carboxylic acid groups (broad SMARTS) is 1. The monoisotopic (exact) mass is 297 g/mol. The highest BCUT2D eigenvalue weighted by atomic mass is 32.2. The first kappa shape index (κ1) is 16.4. The average molecular weight is 297 g/mol. The summed E-state index contributed by atoms with van der Waals surface area (Å²) < 4.78 is 5.30. The summed E-state index contributed by atoms with van der Waals surface area (Å²) in [6, 6.07) is 6.43. The van der Waals surface area contributed by atoms with Gasteiger partial charge in [-0.2, -0.15) is 11.8 Å². The molecule has 1 aromatic rings. The van der Waals surface area contributed by atoms with Gasteiger partial charge < -0.3 is 15.2 Å². The van der Waals surface area contributed by atoms with Crippen molar-refractivity contribution in [1.82, 2.24) is 5.32 Å². The number of nitrogens with one attached hydrogen (secondary N) is 1. The first-order valence-corrected chi connectivity index (χ1v) is 7.63. The lowest BCUT2D eigenvalue weighted by Gasteiger charge is -2.14. The molecule has 0 aromatic heterocycles. The van der Waals surface area contributed by atoms with Crippen LogP contribution in [0.15, 0.2) is 24.3 Å². The molecule has 1 amide bonds. The van der Waals surface area contributed by atoms with E-state index < -0.39 is 17.9 Å². The third kappa shape index (κ3) is 5.97. The Bertz CT molecular complexity index is 447. The molecule has 0 fully saturated rings. The fourth-order valence-electron chi connectivity index (χ4n) is 1.51. The van der Waals surface area contributed by atoms with E-state index in [1.807, 2.05) is 25.3 Å². The SMILES string of the molecule is CSCC[C@@H](NC(=O)COc1ccc(C)cc1)C(=O)O. The topological polar surface area (TPSA) is 75.6 Å². The number of rotatable bonds is 8. The zero-order chi connectivity index (χ0) is 15.0. The standard InChI is InChI=1S/C14H19NO4S/c1-10-3-5-11(6-4-10)19-9-13(16)15-12(14(17)18)7-8-20-2/h3-6,12H,7-9H2,1-2H3,(H,15,16)(H,17,18)/t12-/m1/s1. The van der Waals surface area contributed by atoms with Crippen molar-refractivity contribution in [2.75, 3.05) is 18.6 Å². The van der Waals surface area contributed by atoms with E-state index in [4.69, 9.17) is 9.84 Å². The maximum absolute atomic E-state index is 11.7. The quantitative estimate of drug-likeness (QED) is 0.764. The van der Waals surface area contributed by atoms with E-state index in [1.165, 1.54) is 0 Å². The van der Waals surface area contributed by atoms with Crippen LogP contribution < -0.4 is 10.1 Å². The van der Waals surface area contributed by atoms with Crippen LogP contribution >= 0.6 is 11.8 Å². The Labute approximate surface area is 122 Å². The van der Waals surface area contributed by atoms with Crippen LogP contribution in [0, 0.1) is 6.92 Å². The van der Waals surface area contributed by atoms with Gasteiger partial charge in [-0.05, 0) is 37.5 Å². The molecule has 1 atom stereocenters. The summed E-state index contributed by atoms with van der Waals surface area (Å²) in [5, 5.41) is 11.5. The number of hydrogen-bond donors (Lipinski definition) is 2. The van der Waals surface area contributed by atoms with Gasteiger partial charge in [0.2, 0.25) is 0 Å². The van der Waals surface area contributed by atoms with Gasteiger partial charge in [-0.25, -0.2) is 4.79 Å². The number of carboxylic acids is 1. The highest BCUT2D eigenvalue weighted by Gasteiger charge is 2.19. The molecule has 5 nitrogen and oxygen atoms in total. The Morgan fingerprint density at radius 2 is 2.00 bits per heavy atom. The van der Waals surface area contributed by atoms with Crippen molar-refractivity contribution in [2.45, 2.75) is 19.4 Å². The normalized spacial score (nSPS) is 11.7. The van der Waals surface area contributed by atoms with Crippen LogP contribution in [0.2, 0.25) is 0 Å². The molecule has 1 aromatic carbocycles. The van der Waals surface area contributed by atoms with Gasteiger partial charge in [-0.3, -0.25) is 4.79 Å². The predicted molar refractivity (Wildman–Crippen MR) is 79.2 cm³/mol. The maximum atomic E-state index is 11.7. The number of ether oxygens (including phenoxy) is 1. The number of aryl methyl sites for hydroxylation is 1. The Balaban J connectivity index is 2.41. The molecule has 20 heavy (non-hydrogen) atoms. The van der Waals surface area contributed by atoms with E-state index in [2.05, 4.69) is 5.32 Å². The third-order valence-corrected chi connectivity index (χ3v) is 3.28. The second kappa shape index (κ2) is 8.47. The molecule has 1 rings (SSSR count). The minimum atomic E-state index is -1.03. The summed E-state index contributed by atoms with van der Waals surface area (Å²) in [7, 11) is 0. The van der Waals surface area contributed by atoms with Crippen molar-refractivity contribution >= 4 is 23.6 Å². The molecule has 6 heteroatoms. The number of carbonyl (C=O) groups excluding carboxylic acids is 1. The number of thioether (sulfide) groups is 1. The van der Waals surface area contributed by atoms with Gasteiger partial charge in [0.25, 0.3) is 5.91 Å². The van der Waals surface area contributed by atoms with E-state index in [9.17, 15) is 9.59 Å². The smallest absolute Gasteiger partial charge is 0.326 e. The summed E-state index contributed by atoms with van der Waals surface area (Å²) in [5.74, 6) is -0.195. The fraction of sp³-hybridized carbons (Fsp3) is 0.429. The Kier molecular flexibility index (Phi) is 6.93. The van der Waals surface area contributed by atoms with Crippen LogP contribution in [-0.4, -0.2) is 41.6 Å². The molecule has 2 N–H and O–H groups in total. The largest absolute Gasteiger partial charge is 0.484 e. The molecule has 0 radical (unpaired) electrons. The first-order chi connectivity index (χ1) is 9.52. The molecule has 0 unspecified atom stereocenters. The lowest BCUT2D eigenvalue weighted by Crippen LogP contribution is -2.43. The third-order valence-electron chi connectivity index (χ3n) is 2.63.